The first-order valence-electron chi connectivity index (χ1n) is 6.60. The Labute approximate surface area is 111 Å². The van der Waals surface area contributed by atoms with Crippen LogP contribution in [0.25, 0.3) is 0 Å². The average Bonchev–Trinajstić information content (AvgIpc) is 2.34. The van der Waals surface area contributed by atoms with Crippen LogP contribution < -0.4 is 5.30 Å². The molecule has 0 aliphatic rings. The van der Waals surface area contributed by atoms with Gasteiger partial charge in [0.15, 0.2) is 0 Å². The summed E-state index contributed by atoms with van der Waals surface area (Å²) in [5, 5.41) is 1.56. The second-order valence-electron chi connectivity index (χ2n) is 4.52. The molecular formula is C15H25BP. The number of rotatable bonds is 8. The Morgan fingerprint density at radius 3 is 2.12 bits per heavy atom. The molecule has 0 spiro atoms. The predicted octanol–water partition coefficient (Wildman–Crippen LogP) is 4.40. The molecule has 0 fully saturated rings. The van der Waals surface area contributed by atoms with Crippen molar-refractivity contribution in [1.82, 2.24) is 0 Å². The SMILES string of the molecule is CCCCCCCCP(C)c1ccccc1.[B]. The highest BCUT2D eigenvalue weighted by atomic mass is 31.1. The molecule has 1 atom stereocenters. The molecule has 1 aromatic rings. The number of hydrogen-bond donors (Lipinski definition) is 0. The van der Waals surface area contributed by atoms with Crippen molar-refractivity contribution < 1.29 is 0 Å². The molecule has 0 bridgehead atoms. The van der Waals surface area contributed by atoms with Crippen molar-refractivity contribution >= 4 is 21.6 Å². The third-order valence-corrected chi connectivity index (χ3v) is 5.21. The van der Waals surface area contributed by atoms with E-state index in [-0.39, 0.29) is 16.3 Å². The van der Waals surface area contributed by atoms with E-state index in [0.717, 1.165) is 0 Å². The lowest BCUT2D eigenvalue weighted by atomic mass is 10.1. The first kappa shape index (κ1) is 16.7. The lowest BCUT2D eigenvalue weighted by Crippen LogP contribution is -2.01. The lowest BCUT2D eigenvalue weighted by molar-refractivity contribution is 0.626. The van der Waals surface area contributed by atoms with Crippen LogP contribution in [0.4, 0.5) is 0 Å². The van der Waals surface area contributed by atoms with Crippen molar-refractivity contribution in [3.05, 3.63) is 30.3 Å². The molecule has 1 aromatic carbocycles. The fourth-order valence-electron chi connectivity index (χ4n) is 1.94. The number of benzene rings is 1. The van der Waals surface area contributed by atoms with Gasteiger partial charge in [-0.2, -0.15) is 0 Å². The molecule has 1 rings (SSSR count). The zero-order valence-corrected chi connectivity index (χ0v) is 12.3. The monoisotopic (exact) mass is 247 g/mol. The summed E-state index contributed by atoms with van der Waals surface area (Å²) < 4.78 is 0. The quantitative estimate of drug-likeness (QED) is 0.363. The van der Waals surface area contributed by atoms with Gasteiger partial charge in [0.25, 0.3) is 0 Å². The van der Waals surface area contributed by atoms with Gasteiger partial charge in [0, 0.05) is 8.41 Å². The predicted molar refractivity (Wildman–Crippen MR) is 82.9 cm³/mol. The Morgan fingerprint density at radius 2 is 1.47 bits per heavy atom. The van der Waals surface area contributed by atoms with Crippen LogP contribution >= 0.6 is 7.92 Å². The summed E-state index contributed by atoms with van der Waals surface area (Å²) in [6.45, 7) is 4.69. The lowest BCUT2D eigenvalue weighted by Gasteiger charge is -2.12. The van der Waals surface area contributed by atoms with Crippen molar-refractivity contribution in [2.24, 2.45) is 0 Å². The summed E-state index contributed by atoms with van der Waals surface area (Å²) in [4.78, 5) is 0. The Hall–Kier alpha value is -0.285. The summed E-state index contributed by atoms with van der Waals surface area (Å²) in [5.74, 6) is 0. The van der Waals surface area contributed by atoms with Gasteiger partial charge in [-0.25, -0.2) is 0 Å². The minimum Gasteiger partial charge on any atom is -0.0785 e. The summed E-state index contributed by atoms with van der Waals surface area (Å²) >= 11 is 0. The summed E-state index contributed by atoms with van der Waals surface area (Å²) in [5.41, 5.74) is 0. The zero-order valence-electron chi connectivity index (χ0n) is 11.4. The molecule has 0 nitrogen and oxygen atoms in total. The first-order chi connectivity index (χ1) is 7.84. The Morgan fingerprint density at radius 1 is 0.882 bits per heavy atom. The molecule has 0 amide bonds. The third kappa shape index (κ3) is 7.61. The topological polar surface area (TPSA) is 0 Å². The van der Waals surface area contributed by atoms with Crippen LogP contribution in [0, 0.1) is 0 Å². The van der Waals surface area contributed by atoms with Crippen LogP contribution in [0.3, 0.4) is 0 Å². The fourth-order valence-corrected chi connectivity index (χ4v) is 3.58. The fraction of sp³-hybridized carbons (Fsp3) is 0.600. The van der Waals surface area contributed by atoms with Crippen molar-refractivity contribution in [2.45, 2.75) is 45.4 Å². The third-order valence-electron chi connectivity index (χ3n) is 3.04. The van der Waals surface area contributed by atoms with Gasteiger partial charge in [-0.1, -0.05) is 77.3 Å². The first-order valence-corrected chi connectivity index (χ1v) is 8.58. The van der Waals surface area contributed by atoms with E-state index in [2.05, 4.69) is 43.9 Å². The Kier molecular flexibility index (Phi) is 10.7. The van der Waals surface area contributed by atoms with E-state index in [1.165, 1.54) is 44.7 Å². The van der Waals surface area contributed by atoms with Gasteiger partial charge >= 0.3 is 0 Å². The molecule has 0 aliphatic carbocycles. The van der Waals surface area contributed by atoms with Crippen LogP contribution in [0.15, 0.2) is 30.3 Å². The molecule has 0 saturated heterocycles. The standard InChI is InChI=1S/C15H25P.B/c1-3-4-5-6-7-11-14-16(2)15-12-9-8-10-13-15;/h8-10,12-13H,3-7,11,14H2,1-2H3;. The van der Waals surface area contributed by atoms with Crippen molar-refractivity contribution in [3.63, 3.8) is 0 Å². The average molecular weight is 247 g/mol. The van der Waals surface area contributed by atoms with Crippen LogP contribution in [-0.2, 0) is 0 Å². The molecule has 3 radical (unpaired) electrons. The van der Waals surface area contributed by atoms with Gasteiger partial charge in [-0.05, 0) is 24.6 Å². The Bertz CT molecular complexity index is 261. The normalized spacial score (nSPS) is 11.9. The zero-order chi connectivity index (χ0) is 11.6. The molecule has 0 heterocycles. The molecular weight excluding hydrogens is 222 g/mol. The molecule has 17 heavy (non-hydrogen) atoms. The summed E-state index contributed by atoms with van der Waals surface area (Å²) in [7, 11) is 0.0998. The minimum absolute atomic E-state index is 0. The van der Waals surface area contributed by atoms with Crippen molar-refractivity contribution in [1.29, 1.82) is 0 Å². The van der Waals surface area contributed by atoms with Gasteiger partial charge < -0.3 is 0 Å². The molecule has 0 aliphatic heterocycles. The van der Waals surface area contributed by atoms with Gasteiger partial charge in [0.2, 0.25) is 0 Å². The summed E-state index contributed by atoms with van der Waals surface area (Å²) in [6, 6.07) is 11.0. The van der Waals surface area contributed by atoms with Crippen LogP contribution in [-0.4, -0.2) is 21.2 Å². The minimum atomic E-state index is 0. The maximum absolute atomic E-state index is 2.41. The van der Waals surface area contributed by atoms with E-state index < -0.39 is 0 Å². The second-order valence-corrected chi connectivity index (χ2v) is 6.88. The molecule has 1 unspecified atom stereocenters. The largest absolute Gasteiger partial charge is 0.0785 e. The van der Waals surface area contributed by atoms with Gasteiger partial charge in [0.1, 0.15) is 0 Å². The van der Waals surface area contributed by atoms with E-state index in [9.17, 15) is 0 Å². The van der Waals surface area contributed by atoms with Crippen LogP contribution in [0.5, 0.6) is 0 Å². The van der Waals surface area contributed by atoms with Crippen LogP contribution in [0.2, 0.25) is 0 Å². The van der Waals surface area contributed by atoms with Gasteiger partial charge in [0.05, 0.1) is 0 Å². The Balaban J connectivity index is 0.00000256. The van der Waals surface area contributed by atoms with E-state index in [1.807, 2.05) is 0 Å². The second kappa shape index (κ2) is 10.8. The van der Waals surface area contributed by atoms with Crippen molar-refractivity contribution in [3.8, 4) is 0 Å². The molecule has 93 valence electrons. The van der Waals surface area contributed by atoms with Gasteiger partial charge in [-0.3, -0.25) is 0 Å². The maximum atomic E-state index is 2.41. The van der Waals surface area contributed by atoms with Crippen molar-refractivity contribution in [2.75, 3.05) is 12.8 Å². The van der Waals surface area contributed by atoms with Crippen LogP contribution in [0.1, 0.15) is 45.4 Å². The maximum Gasteiger partial charge on any atom is 0 e. The van der Waals surface area contributed by atoms with E-state index in [0.29, 0.717) is 0 Å². The molecule has 0 saturated carbocycles. The van der Waals surface area contributed by atoms with E-state index in [1.54, 1.807) is 5.30 Å². The smallest absolute Gasteiger partial charge is 0 e. The summed E-state index contributed by atoms with van der Waals surface area (Å²) in [6.07, 6.45) is 9.89. The highest BCUT2D eigenvalue weighted by molar-refractivity contribution is 7.64. The number of hydrogen-bond acceptors (Lipinski definition) is 0. The van der Waals surface area contributed by atoms with E-state index in [4.69, 9.17) is 0 Å². The molecule has 2 heteroatoms. The van der Waals surface area contributed by atoms with E-state index >= 15 is 0 Å². The molecule has 0 N–H and O–H groups in total. The highest BCUT2D eigenvalue weighted by Crippen LogP contribution is 2.30. The number of unbranched alkanes of at least 4 members (excludes halogenated alkanes) is 5. The van der Waals surface area contributed by atoms with Gasteiger partial charge in [-0.15, -0.1) is 0 Å². The molecule has 0 aromatic heterocycles. The highest BCUT2D eigenvalue weighted by Gasteiger charge is 2.02.